The van der Waals surface area contributed by atoms with Crippen molar-refractivity contribution in [3.63, 3.8) is 0 Å². The van der Waals surface area contributed by atoms with Crippen molar-refractivity contribution in [1.29, 1.82) is 0 Å². The van der Waals surface area contributed by atoms with Gasteiger partial charge in [-0.2, -0.15) is 0 Å². The highest BCUT2D eigenvalue weighted by atomic mass is 16.1. The van der Waals surface area contributed by atoms with E-state index in [4.69, 9.17) is 5.73 Å². The van der Waals surface area contributed by atoms with E-state index >= 15 is 0 Å². The summed E-state index contributed by atoms with van der Waals surface area (Å²) in [4.78, 5) is 10.7. The van der Waals surface area contributed by atoms with Crippen LogP contribution in [-0.4, -0.2) is 5.91 Å². The van der Waals surface area contributed by atoms with Gasteiger partial charge in [0.15, 0.2) is 0 Å². The van der Waals surface area contributed by atoms with Crippen LogP contribution in [0.2, 0.25) is 0 Å². The van der Waals surface area contributed by atoms with Crippen LogP contribution in [0.1, 0.15) is 26.2 Å². The van der Waals surface area contributed by atoms with E-state index < -0.39 is 0 Å². The highest BCUT2D eigenvalue weighted by Crippen LogP contribution is 2.24. The molecule has 1 atom stereocenters. The summed E-state index contributed by atoms with van der Waals surface area (Å²) in [6.07, 6.45) is 5.50. The van der Waals surface area contributed by atoms with Gasteiger partial charge in [0.25, 0.3) is 0 Å². The zero-order chi connectivity index (χ0) is 7.56. The molecule has 0 fully saturated rings. The third kappa shape index (κ3) is 1.38. The van der Waals surface area contributed by atoms with Gasteiger partial charge >= 0.3 is 0 Å². The third-order valence-electron chi connectivity index (χ3n) is 2.06. The zero-order valence-corrected chi connectivity index (χ0v) is 6.26. The highest BCUT2D eigenvalue weighted by molar-refractivity contribution is 5.79. The molecule has 0 radical (unpaired) electrons. The van der Waals surface area contributed by atoms with Crippen LogP contribution in [0.15, 0.2) is 11.6 Å². The molecule has 0 bridgehead atoms. The van der Waals surface area contributed by atoms with Crippen LogP contribution < -0.4 is 5.73 Å². The summed E-state index contributed by atoms with van der Waals surface area (Å²) >= 11 is 0. The van der Waals surface area contributed by atoms with Crippen molar-refractivity contribution in [2.45, 2.75) is 26.2 Å². The molecule has 0 aromatic heterocycles. The van der Waals surface area contributed by atoms with Gasteiger partial charge in [0.2, 0.25) is 5.91 Å². The lowest BCUT2D eigenvalue weighted by atomic mass is 10.0. The molecule has 10 heavy (non-hydrogen) atoms. The van der Waals surface area contributed by atoms with Gasteiger partial charge in [0, 0.05) is 0 Å². The fourth-order valence-corrected chi connectivity index (χ4v) is 1.27. The fourth-order valence-electron chi connectivity index (χ4n) is 1.27. The summed E-state index contributed by atoms with van der Waals surface area (Å²) in [5.41, 5.74) is 6.37. The van der Waals surface area contributed by atoms with Crippen molar-refractivity contribution in [2.24, 2.45) is 11.7 Å². The smallest absolute Gasteiger partial charge is 0.224 e. The average Bonchev–Trinajstić information content (AvgIpc) is 2.36. The minimum Gasteiger partial charge on any atom is -0.369 e. The number of rotatable bonds is 2. The van der Waals surface area contributed by atoms with E-state index in [0.717, 1.165) is 12.8 Å². The Morgan fingerprint density at radius 3 is 2.90 bits per heavy atom. The molecule has 2 heteroatoms. The maximum absolute atomic E-state index is 10.7. The lowest BCUT2D eigenvalue weighted by Gasteiger charge is -2.06. The van der Waals surface area contributed by atoms with Gasteiger partial charge in [-0.15, -0.1) is 0 Å². The number of nitrogens with two attached hydrogens (primary N) is 1. The Labute approximate surface area is 61.1 Å². The molecule has 0 unspecified atom stereocenters. The first-order chi connectivity index (χ1) is 4.72. The normalized spacial score (nSPS) is 20.3. The summed E-state index contributed by atoms with van der Waals surface area (Å²) in [5, 5.41) is 0. The Morgan fingerprint density at radius 1 is 1.80 bits per heavy atom. The van der Waals surface area contributed by atoms with Gasteiger partial charge in [-0.05, 0) is 26.2 Å². The second kappa shape index (κ2) is 2.86. The molecule has 2 N–H and O–H groups in total. The predicted octanol–water partition coefficient (Wildman–Crippen LogP) is 1.22. The summed E-state index contributed by atoms with van der Waals surface area (Å²) in [6, 6.07) is 0. The van der Waals surface area contributed by atoms with Crippen molar-refractivity contribution < 1.29 is 4.79 Å². The monoisotopic (exact) mass is 139 g/mol. The van der Waals surface area contributed by atoms with Crippen LogP contribution in [0.4, 0.5) is 0 Å². The molecular formula is C8H13NO. The molecule has 0 spiro atoms. The van der Waals surface area contributed by atoms with E-state index in [1.54, 1.807) is 0 Å². The Morgan fingerprint density at radius 2 is 2.50 bits per heavy atom. The van der Waals surface area contributed by atoms with Crippen molar-refractivity contribution >= 4 is 5.91 Å². The number of carbonyl (C=O) groups excluding carboxylic acids is 1. The quantitative estimate of drug-likeness (QED) is 0.574. The van der Waals surface area contributed by atoms with E-state index in [2.05, 4.69) is 6.08 Å². The maximum Gasteiger partial charge on any atom is 0.224 e. The van der Waals surface area contributed by atoms with Crippen LogP contribution >= 0.6 is 0 Å². The lowest BCUT2D eigenvalue weighted by Crippen LogP contribution is -2.21. The van der Waals surface area contributed by atoms with E-state index in [-0.39, 0.29) is 11.8 Å². The molecule has 1 amide bonds. The largest absolute Gasteiger partial charge is 0.369 e. The average molecular weight is 139 g/mol. The Bertz CT molecular complexity index is 172. The summed E-state index contributed by atoms with van der Waals surface area (Å²) in [7, 11) is 0. The van der Waals surface area contributed by atoms with E-state index in [1.807, 2.05) is 6.92 Å². The van der Waals surface area contributed by atoms with Gasteiger partial charge < -0.3 is 5.73 Å². The molecule has 1 aliphatic rings. The number of primary amides is 1. The maximum atomic E-state index is 10.7. The summed E-state index contributed by atoms with van der Waals surface area (Å²) < 4.78 is 0. The number of hydrogen-bond donors (Lipinski definition) is 1. The summed E-state index contributed by atoms with van der Waals surface area (Å²) in [5.74, 6) is -0.240. The van der Waals surface area contributed by atoms with Crippen molar-refractivity contribution in [1.82, 2.24) is 0 Å². The van der Waals surface area contributed by atoms with E-state index in [0.29, 0.717) is 0 Å². The molecule has 0 aliphatic heterocycles. The Hall–Kier alpha value is -0.790. The van der Waals surface area contributed by atoms with Crippen molar-refractivity contribution in [3.8, 4) is 0 Å². The molecule has 0 aromatic rings. The van der Waals surface area contributed by atoms with Crippen LogP contribution in [0.25, 0.3) is 0 Å². The van der Waals surface area contributed by atoms with Crippen molar-refractivity contribution in [2.75, 3.05) is 0 Å². The van der Waals surface area contributed by atoms with E-state index in [1.165, 1.54) is 12.0 Å². The van der Waals surface area contributed by atoms with Crippen LogP contribution in [-0.2, 0) is 4.79 Å². The second-order valence-electron chi connectivity index (χ2n) is 2.80. The molecule has 1 aliphatic carbocycles. The molecule has 0 aromatic carbocycles. The fraction of sp³-hybridized carbons (Fsp3) is 0.625. The zero-order valence-electron chi connectivity index (χ0n) is 6.26. The van der Waals surface area contributed by atoms with Gasteiger partial charge in [-0.3, -0.25) is 4.79 Å². The van der Waals surface area contributed by atoms with Crippen LogP contribution in [0.3, 0.4) is 0 Å². The van der Waals surface area contributed by atoms with Crippen LogP contribution in [0.5, 0.6) is 0 Å². The van der Waals surface area contributed by atoms with Crippen LogP contribution in [0, 0.1) is 5.92 Å². The molecule has 2 nitrogen and oxygen atoms in total. The predicted molar refractivity (Wildman–Crippen MR) is 40.3 cm³/mol. The number of hydrogen-bond acceptors (Lipinski definition) is 1. The second-order valence-corrected chi connectivity index (χ2v) is 2.80. The number of carbonyl (C=O) groups is 1. The SMILES string of the molecule is C[C@H](C(N)=O)C1=CCCC1. The Kier molecular flexibility index (Phi) is 2.10. The molecule has 1 rings (SSSR count). The molecule has 0 heterocycles. The van der Waals surface area contributed by atoms with E-state index in [9.17, 15) is 4.79 Å². The molecular weight excluding hydrogens is 126 g/mol. The Balaban J connectivity index is 2.55. The number of allylic oxidation sites excluding steroid dienone is 1. The first-order valence-corrected chi connectivity index (χ1v) is 3.70. The standard InChI is InChI=1S/C8H13NO/c1-6(8(9)10)7-4-2-3-5-7/h4,6H,2-3,5H2,1H3,(H2,9,10)/t6-/m0/s1. The van der Waals surface area contributed by atoms with Gasteiger partial charge in [-0.25, -0.2) is 0 Å². The van der Waals surface area contributed by atoms with Gasteiger partial charge in [0.1, 0.15) is 0 Å². The number of amides is 1. The minimum atomic E-state index is -0.201. The van der Waals surface area contributed by atoms with Gasteiger partial charge in [-0.1, -0.05) is 11.6 Å². The topological polar surface area (TPSA) is 43.1 Å². The summed E-state index contributed by atoms with van der Waals surface area (Å²) in [6.45, 7) is 1.87. The first kappa shape index (κ1) is 7.32. The van der Waals surface area contributed by atoms with Crippen molar-refractivity contribution in [3.05, 3.63) is 11.6 Å². The lowest BCUT2D eigenvalue weighted by molar-refractivity contribution is -0.120. The highest BCUT2D eigenvalue weighted by Gasteiger charge is 2.16. The minimum absolute atomic E-state index is 0.0394. The molecule has 0 saturated heterocycles. The molecule has 0 saturated carbocycles. The molecule has 56 valence electrons. The third-order valence-corrected chi connectivity index (χ3v) is 2.06. The first-order valence-electron chi connectivity index (χ1n) is 3.70. The van der Waals surface area contributed by atoms with Gasteiger partial charge in [0.05, 0.1) is 5.92 Å².